The van der Waals surface area contributed by atoms with Gasteiger partial charge in [0.15, 0.2) is 0 Å². The van der Waals surface area contributed by atoms with Crippen LogP contribution in [0, 0.1) is 0 Å². The number of benzene rings is 1. The molecule has 0 atom stereocenters. The van der Waals surface area contributed by atoms with Crippen LogP contribution in [-0.4, -0.2) is 31.5 Å². The summed E-state index contributed by atoms with van der Waals surface area (Å²) in [4.78, 5) is 10.4. The molecule has 0 saturated carbocycles. The lowest BCUT2D eigenvalue weighted by molar-refractivity contribution is 0.146. The van der Waals surface area contributed by atoms with Gasteiger partial charge in [0.2, 0.25) is 0 Å². The molecule has 0 aromatic heterocycles. The van der Waals surface area contributed by atoms with Crippen molar-refractivity contribution in [2.75, 3.05) is 25.6 Å². The first-order chi connectivity index (χ1) is 7.63. The maximum atomic E-state index is 10.4. The van der Waals surface area contributed by atoms with Crippen LogP contribution in [-0.2, 0) is 4.74 Å². The average molecular weight is 290 g/mol. The fourth-order valence-corrected chi connectivity index (χ4v) is 1.41. The van der Waals surface area contributed by atoms with E-state index >= 15 is 0 Å². The van der Waals surface area contributed by atoms with E-state index in [4.69, 9.17) is 14.6 Å². The lowest BCUT2D eigenvalue weighted by Crippen LogP contribution is -2.08. The molecule has 0 saturated heterocycles. The van der Waals surface area contributed by atoms with Gasteiger partial charge in [-0.2, -0.15) is 0 Å². The molecule has 1 amide bonds. The van der Waals surface area contributed by atoms with Crippen LogP contribution in [0.3, 0.4) is 0 Å². The topological polar surface area (TPSA) is 67.8 Å². The highest BCUT2D eigenvalue weighted by Crippen LogP contribution is 2.28. The summed E-state index contributed by atoms with van der Waals surface area (Å²) in [6.45, 7) is 0.884. The van der Waals surface area contributed by atoms with Crippen molar-refractivity contribution in [2.24, 2.45) is 0 Å². The van der Waals surface area contributed by atoms with Gasteiger partial charge in [0, 0.05) is 18.9 Å². The Bertz CT molecular complexity index is 370. The van der Waals surface area contributed by atoms with Crippen LogP contribution in [0.1, 0.15) is 0 Å². The zero-order valence-corrected chi connectivity index (χ0v) is 10.3. The smallest absolute Gasteiger partial charge is 0.409 e. The summed E-state index contributed by atoms with van der Waals surface area (Å²) in [5.41, 5.74) is 0.461. The minimum atomic E-state index is -1.11. The molecule has 0 spiro atoms. The summed E-state index contributed by atoms with van der Waals surface area (Å²) in [7, 11) is 1.58. The lowest BCUT2D eigenvalue weighted by Gasteiger charge is -2.09. The Morgan fingerprint density at radius 2 is 2.25 bits per heavy atom. The van der Waals surface area contributed by atoms with Crippen molar-refractivity contribution in [3.63, 3.8) is 0 Å². The van der Waals surface area contributed by atoms with Gasteiger partial charge in [0.25, 0.3) is 0 Å². The second-order valence-corrected chi connectivity index (χ2v) is 3.77. The van der Waals surface area contributed by atoms with Crippen molar-refractivity contribution in [1.29, 1.82) is 0 Å². The summed E-state index contributed by atoms with van der Waals surface area (Å²) >= 11 is 3.31. The summed E-state index contributed by atoms with van der Waals surface area (Å²) in [6.07, 6.45) is -1.11. The molecule has 2 N–H and O–H groups in total. The number of nitrogens with one attached hydrogen (secondary N) is 1. The quantitative estimate of drug-likeness (QED) is 0.818. The molecule has 1 rings (SSSR count). The number of carbonyl (C=O) groups is 1. The first-order valence-electron chi connectivity index (χ1n) is 4.54. The summed E-state index contributed by atoms with van der Waals surface area (Å²) in [6, 6.07) is 4.96. The number of ether oxygens (including phenoxy) is 2. The third-order valence-corrected chi connectivity index (χ3v) is 2.38. The molecule has 1 aromatic rings. The predicted molar refractivity (Wildman–Crippen MR) is 63.2 cm³/mol. The van der Waals surface area contributed by atoms with E-state index in [2.05, 4.69) is 21.2 Å². The standard InChI is InChI=1S/C10H12BrNO4/c1-15-4-5-16-9-6-7(12-10(13)14)2-3-8(9)11/h2-3,6,12H,4-5H2,1H3,(H,13,14). The van der Waals surface area contributed by atoms with Crippen molar-refractivity contribution >= 4 is 27.7 Å². The van der Waals surface area contributed by atoms with Gasteiger partial charge in [-0.15, -0.1) is 0 Å². The van der Waals surface area contributed by atoms with Crippen LogP contribution in [0.5, 0.6) is 5.75 Å². The van der Waals surface area contributed by atoms with Gasteiger partial charge in [-0.3, -0.25) is 5.32 Å². The monoisotopic (exact) mass is 289 g/mol. The van der Waals surface area contributed by atoms with Gasteiger partial charge < -0.3 is 14.6 Å². The van der Waals surface area contributed by atoms with E-state index in [1.165, 1.54) is 0 Å². The van der Waals surface area contributed by atoms with Crippen molar-refractivity contribution in [3.8, 4) is 5.75 Å². The third-order valence-electron chi connectivity index (χ3n) is 1.73. The molecular formula is C10H12BrNO4. The molecule has 1 aromatic carbocycles. The minimum absolute atomic E-state index is 0.408. The van der Waals surface area contributed by atoms with E-state index in [9.17, 15) is 4.79 Å². The first-order valence-corrected chi connectivity index (χ1v) is 5.34. The zero-order chi connectivity index (χ0) is 12.0. The Balaban J connectivity index is 2.70. The fraction of sp³-hybridized carbons (Fsp3) is 0.300. The summed E-state index contributed by atoms with van der Waals surface area (Å²) in [5, 5.41) is 10.8. The van der Waals surface area contributed by atoms with Gasteiger partial charge >= 0.3 is 6.09 Å². The molecule has 0 aliphatic heterocycles. The molecule has 0 unspecified atom stereocenters. The average Bonchev–Trinajstić information content (AvgIpc) is 2.22. The molecular weight excluding hydrogens is 278 g/mol. The van der Waals surface area contributed by atoms with Crippen LogP contribution >= 0.6 is 15.9 Å². The SMILES string of the molecule is COCCOc1cc(NC(=O)O)ccc1Br. The number of amides is 1. The Labute approximate surface area is 101 Å². The van der Waals surface area contributed by atoms with Crippen LogP contribution < -0.4 is 10.1 Å². The van der Waals surface area contributed by atoms with E-state index in [1.807, 2.05) is 0 Å². The van der Waals surface area contributed by atoms with Crippen LogP contribution in [0.2, 0.25) is 0 Å². The van der Waals surface area contributed by atoms with E-state index in [0.717, 1.165) is 4.47 Å². The molecule has 0 radical (unpaired) electrons. The molecule has 6 heteroatoms. The predicted octanol–water partition coefficient (Wildman–Crippen LogP) is 2.56. The number of carboxylic acid groups (broad SMARTS) is 1. The van der Waals surface area contributed by atoms with Crippen molar-refractivity contribution in [2.45, 2.75) is 0 Å². The molecule has 0 aliphatic rings. The van der Waals surface area contributed by atoms with Gasteiger partial charge in [0.1, 0.15) is 12.4 Å². The maximum absolute atomic E-state index is 10.4. The molecule has 5 nitrogen and oxygen atoms in total. The highest BCUT2D eigenvalue weighted by molar-refractivity contribution is 9.10. The number of hydrogen-bond acceptors (Lipinski definition) is 3. The molecule has 0 aliphatic carbocycles. The minimum Gasteiger partial charge on any atom is -0.490 e. The number of halogens is 1. The molecule has 0 fully saturated rings. The molecule has 0 bridgehead atoms. The Morgan fingerprint density at radius 3 is 2.88 bits per heavy atom. The van der Waals surface area contributed by atoms with Crippen molar-refractivity contribution in [3.05, 3.63) is 22.7 Å². The summed E-state index contributed by atoms with van der Waals surface area (Å²) < 4.78 is 11.0. The van der Waals surface area contributed by atoms with Crippen molar-refractivity contribution < 1.29 is 19.4 Å². The summed E-state index contributed by atoms with van der Waals surface area (Å²) in [5.74, 6) is 0.573. The zero-order valence-electron chi connectivity index (χ0n) is 8.70. The molecule has 0 heterocycles. The van der Waals surface area contributed by atoms with E-state index in [0.29, 0.717) is 24.7 Å². The van der Waals surface area contributed by atoms with Crippen LogP contribution in [0.15, 0.2) is 22.7 Å². The highest BCUT2D eigenvalue weighted by Gasteiger charge is 2.04. The molecule has 88 valence electrons. The number of rotatable bonds is 5. The second-order valence-electron chi connectivity index (χ2n) is 2.92. The Morgan fingerprint density at radius 1 is 1.50 bits per heavy atom. The third kappa shape index (κ3) is 4.08. The number of anilines is 1. The second kappa shape index (κ2) is 6.34. The molecule has 16 heavy (non-hydrogen) atoms. The largest absolute Gasteiger partial charge is 0.490 e. The van der Waals surface area contributed by atoms with E-state index in [-0.39, 0.29) is 0 Å². The van der Waals surface area contributed by atoms with Crippen LogP contribution in [0.25, 0.3) is 0 Å². The van der Waals surface area contributed by atoms with Crippen molar-refractivity contribution in [1.82, 2.24) is 0 Å². The van der Waals surface area contributed by atoms with E-state index in [1.54, 1.807) is 25.3 Å². The Kier molecular flexibility index (Phi) is 5.07. The van der Waals surface area contributed by atoms with Gasteiger partial charge in [-0.05, 0) is 28.1 Å². The first kappa shape index (κ1) is 12.8. The lowest BCUT2D eigenvalue weighted by atomic mass is 10.3. The maximum Gasteiger partial charge on any atom is 0.409 e. The van der Waals surface area contributed by atoms with Gasteiger partial charge in [-0.25, -0.2) is 4.79 Å². The van der Waals surface area contributed by atoms with E-state index < -0.39 is 6.09 Å². The Hall–Kier alpha value is -1.27. The van der Waals surface area contributed by atoms with Gasteiger partial charge in [0.05, 0.1) is 11.1 Å². The highest BCUT2D eigenvalue weighted by atomic mass is 79.9. The fourth-order valence-electron chi connectivity index (χ4n) is 1.05. The van der Waals surface area contributed by atoms with Crippen LogP contribution in [0.4, 0.5) is 10.5 Å². The van der Waals surface area contributed by atoms with Gasteiger partial charge in [-0.1, -0.05) is 0 Å². The number of methoxy groups -OCH3 is 1. The normalized spacial score (nSPS) is 9.88. The number of hydrogen-bond donors (Lipinski definition) is 2.